The zero-order valence-electron chi connectivity index (χ0n) is 17.1. The minimum Gasteiger partial charge on any atom is -0.507 e. The van der Waals surface area contributed by atoms with Crippen LogP contribution in [0.15, 0.2) is 42.5 Å². The largest absolute Gasteiger partial charge is 0.507 e. The number of alkyl halides is 1. The second-order valence-corrected chi connectivity index (χ2v) is 7.34. The summed E-state index contributed by atoms with van der Waals surface area (Å²) in [5.74, 6) is -0.120. The fourth-order valence-corrected chi connectivity index (χ4v) is 3.30. The third kappa shape index (κ3) is 7.89. The van der Waals surface area contributed by atoms with E-state index >= 15 is 0 Å². The number of ether oxygens (including phenoxy) is 2. The zero-order chi connectivity index (χ0) is 22.8. The number of benzene rings is 2. The van der Waals surface area contributed by atoms with Gasteiger partial charge in [0.1, 0.15) is 36.6 Å². The summed E-state index contributed by atoms with van der Waals surface area (Å²) in [6, 6.07) is 11.0. The number of carbonyl (C=O) groups excluding carboxylic acids is 2. The molecule has 2 aromatic rings. The van der Waals surface area contributed by atoms with Crippen molar-refractivity contribution in [3.05, 3.63) is 53.6 Å². The number of aliphatic hydroxyl groups is 1. The molecule has 0 saturated heterocycles. The van der Waals surface area contributed by atoms with Crippen LogP contribution in [0.3, 0.4) is 0 Å². The van der Waals surface area contributed by atoms with E-state index in [0.717, 1.165) is 0 Å². The Bertz CT molecular complexity index is 878. The smallest absolute Gasteiger partial charge is 0.252 e. The van der Waals surface area contributed by atoms with E-state index in [-0.39, 0.29) is 23.8 Å². The Morgan fingerprint density at radius 1 is 1.16 bits per heavy atom. The molecule has 0 aromatic heterocycles. The molecule has 0 bridgehead atoms. The first-order valence-corrected chi connectivity index (χ1v) is 11.0. The van der Waals surface area contributed by atoms with Gasteiger partial charge in [-0.05, 0) is 42.5 Å². The van der Waals surface area contributed by atoms with Crippen molar-refractivity contribution in [3.8, 4) is 17.2 Å². The van der Waals surface area contributed by atoms with Crippen molar-refractivity contribution >= 4 is 34.4 Å². The van der Waals surface area contributed by atoms with Crippen LogP contribution in [-0.2, 0) is 0 Å². The number of hydrogen-bond acceptors (Lipinski definition) is 7. The monoisotopic (exact) mass is 543 g/mol. The van der Waals surface area contributed by atoms with Gasteiger partial charge in [0.25, 0.3) is 11.8 Å². The first-order chi connectivity index (χ1) is 14.8. The number of carbonyl (C=O) groups is 2. The molecule has 2 rings (SSSR count). The maximum atomic E-state index is 11.5. The molecule has 9 nitrogen and oxygen atoms in total. The molecule has 0 spiro atoms. The summed E-state index contributed by atoms with van der Waals surface area (Å²) in [5, 5.41) is 22.4. The molecule has 0 saturated carbocycles. The third-order valence-electron chi connectivity index (χ3n) is 4.33. The SMILES string of the molecule is CNC(=O)c1ccc(OCC(O)CN(CI)CCOc2ccc(O)c(C(N)=O)c2)cc1. The van der Waals surface area contributed by atoms with E-state index in [1.54, 1.807) is 37.4 Å². The van der Waals surface area contributed by atoms with Gasteiger partial charge in [-0.15, -0.1) is 0 Å². The van der Waals surface area contributed by atoms with Gasteiger partial charge in [-0.3, -0.25) is 14.5 Å². The zero-order valence-corrected chi connectivity index (χ0v) is 19.2. The van der Waals surface area contributed by atoms with Crippen molar-refractivity contribution in [1.82, 2.24) is 10.2 Å². The van der Waals surface area contributed by atoms with Crippen LogP contribution in [0, 0.1) is 0 Å². The number of nitrogens with two attached hydrogens (primary N) is 1. The molecular weight excluding hydrogens is 517 g/mol. The Balaban J connectivity index is 1.77. The van der Waals surface area contributed by atoms with Crippen molar-refractivity contribution in [2.75, 3.05) is 37.9 Å². The van der Waals surface area contributed by atoms with Crippen LogP contribution < -0.4 is 20.5 Å². The molecule has 2 amide bonds. The highest BCUT2D eigenvalue weighted by atomic mass is 127. The Morgan fingerprint density at radius 2 is 1.84 bits per heavy atom. The number of rotatable bonds is 12. The molecule has 31 heavy (non-hydrogen) atoms. The second kappa shape index (κ2) is 12.3. The van der Waals surface area contributed by atoms with Crippen LogP contribution in [0.4, 0.5) is 0 Å². The Morgan fingerprint density at radius 3 is 2.45 bits per heavy atom. The number of primary amides is 1. The highest BCUT2D eigenvalue weighted by Crippen LogP contribution is 2.22. The van der Waals surface area contributed by atoms with Gasteiger partial charge in [-0.2, -0.15) is 0 Å². The van der Waals surface area contributed by atoms with Gasteiger partial charge in [0, 0.05) is 25.7 Å². The van der Waals surface area contributed by atoms with Crippen molar-refractivity contribution in [2.24, 2.45) is 5.73 Å². The summed E-state index contributed by atoms with van der Waals surface area (Å²) in [6.07, 6.45) is -0.719. The molecule has 0 aliphatic carbocycles. The number of nitrogens with zero attached hydrogens (tertiary/aromatic N) is 1. The fraction of sp³-hybridized carbons (Fsp3) is 0.333. The van der Waals surface area contributed by atoms with Crippen LogP contribution in [0.25, 0.3) is 0 Å². The predicted molar refractivity (Wildman–Crippen MR) is 124 cm³/mol. The summed E-state index contributed by atoms with van der Waals surface area (Å²) in [5.41, 5.74) is 5.74. The summed E-state index contributed by atoms with van der Waals surface area (Å²) < 4.78 is 11.9. The van der Waals surface area contributed by atoms with Crippen molar-refractivity contribution in [3.63, 3.8) is 0 Å². The van der Waals surface area contributed by atoms with Gasteiger partial charge >= 0.3 is 0 Å². The predicted octanol–water partition coefficient (Wildman–Crippen LogP) is 1.36. The lowest BCUT2D eigenvalue weighted by Gasteiger charge is -2.23. The molecular formula is C21H26IN3O6. The number of aliphatic hydroxyl groups excluding tert-OH is 1. The number of aromatic hydroxyl groups is 1. The lowest BCUT2D eigenvalue weighted by molar-refractivity contribution is 0.0712. The average Bonchev–Trinajstić information content (AvgIpc) is 2.77. The molecule has 0 radical (unpaired) electrons. The first kappa shape index (κ1) is 24.7. The minimum absolute atomic E-state index is 0.000764. The van der Waals surface area contributed by atoms with E-state index in [1.165, 1.54) is 12.1 Å². The van der Waals surface area contributed by atoms with E-state index in [4.69, 9.17) is 15.2 Å². The lowest BCUT2D eigenvalue weighted by atomic mass is 10.2. The molecule has 0 aliphatic heterocycles. The molecule has 1 atom stereocenters. The van der Waals surface area contributed by atoms with Gasteiger partial charge < -0.3 is 30.7 Å². The summed E-state index contributed by atoms with van der Waals surface area (Å²) in [4.78, 5) is 24.8. The summed E-state index contributed by atoms with van der Waals surface area (Å²) in [7, 11) is 1.57. The highest BCUT2D eigenvalue weighted by molar-refractivity contribution is 14.1. The van der Waals surface area contributed by atoms with Crippen molar-refractivity contribution in [2.45, 2.75) is 6.10 Å². The summed E-state index contributed by atoms with van der Waals surface area (Å²) >= 11 is 2.20. The molecule has 10 heteroatoms. The molecule has 1 unspecified atom stereocenters. The Hall–Kier alpha value is -2.57. The topological polar surface area (TPSA) is 134 Å². The summed E-state index contributed by atoms with van der Waals surface area (Å²) in [6.45, 7) is 1.34. The fourth-order valence-electron chi connectivity index (χ4n) is 2.68. The van der Waals surface area contributed by atoms with Gasteiger partial charge in [0.15, 0.2) is 0 Å². The third-order valence-corrected chi connectivity index (χ3v) is 5.30. The van der Waals surface area contributed by atoms with E-state index in [1.807, 2.05) is 4.90 Å². The molecule has 5 N–H and O–H groups in total. The average molecular weight is 543 g/mol. The van der Waals surface area contributed by atoms with Gasteiger partial charge in [-0.1, -0.05) is 22.6 Å². The van der Waals surface area contributed by atoms with Crippen LogP contribution >= 0.6 is 22.6 Å². The Labute approximate surface area is 194 Å². The number of nitrogens with one attached hydrogen (secondary N) is 1. The maximum Gasteiger partial charge on any atom is 0.252 e. The molecule has 0 aliphatic rings. The lowest BCUT2D eigenvalue weighted by Crippen LogP contribution is -2.37. The van der Waals surface area contributed by atoms with Crippen LogP contribution in [0.2, 0.25) is 0 Å². The molecule has 2 aromatic carbocycles. The highest BCUT2D eigenvalue weighted by Gasteiger charge is 2.13. The van der Waals surface area contributed by atoms with Crippen molar-refractivity contribution in [1.29, 1.82) is 0 Å². The van der Waals surface area contributed by atoms with Crippen LogP contribution in [0.5, 0.6) is 17.2 Å². The van der Waals surface area contributed by atoms with E-state index < -0.39 is 12.0 Å². The van der Waals surface area contributed by atoms with Gasteiger partial charge in [-0.25, -0.2) is 0 Å². The molecule has 168 valence electrons. The van der Waals surface area contributed by atoms with E-state index in [9.17, 15) is 19.8 Å². The Kier molecular flexibility index (Phi) is 9.82. The normalized spacial score (nSPS) is 11.7. The minimum atomic E-state index is -0.733. The standard InChI is InChI=1S/C21H26IN3O6/c1-24-21(29)14-2-4-16(5-3-14)31-12-15(26)11-25(13-22)8-9-30-17-6-7-19(27)18(10-17)20(23)28/h2-7,10,15,26-27H,8-9,11-13H2,1H3,(H2,23,28)(H,24,29). The number of phenols is 1. The van der Waals surface area contributed by atoms with Gasteiger partial charge in [0.05, 0.1) is 10.1 Å². The quantitative estimate of drug-likeness (QED) is 0.181. The van der Waals surface area contributed by atoms with Crippen molar-refractivity contribution < 1.29 is 29.3 Å². The number of halogens is 1. The number of hydrogen-bond donors (Lipinski definition) is 4. The molecule has 0 heterocycles. The first-order valence-electron chi connectivity index (χ1n) is 9.51. The maximum absolute atomic E-state index is 11.5. The van der Waals surface area contributed by atoms with Gasteiger partial charge in [0.2, 0.25) is 0 Å². The van der Waals surface area contributed by atoms with E-state index in [0.29, 0.717) is 41.3 Å². The van der Waals surface area contributed by atoms with E-state index in [2.05, 4.69) is 27.9 Å². The molecule has 0 fully saturated rings. The second-order valence-electron chi connectivity index (χ2n) is 6.66. The van der Waals surface area contributed by atoms with Crippen LogP contribution in [0.1, 0.15) is 20.7 Å². The van der Waals surface area contributed by atoms with Crippen LogP contribution in [-0.4, -0.2) is 70.9 Å². The number of amides is 2.